The van der Waals surface area contributed by atoms with Crippen molar-refractivity contribution in [3.05, 3.63) is 0 Å². The van der Waals surface area contributed by atoms with Gasteiger partial charge in [0.05, 0.1) is 72.7 Å². The Balaban J connectivity index is 1.04. The van der Waals surface area contributed by atoms with Gasteiger partial charge in [0.15, 0.2) is 62.9 Å². The number of nitrogens with one attached hydrogen (secondary N) is 2. The minimum Gasteiger partial charge on any atom is -0.394 e. The number of carbonyl (C=O) groups excluding carboxylic acids is 3. The predicted molar refractivity (Wildman–Crippen MR) is 387 cm³/mol. The Morgan fingerprint density at radius 3 is 0.898 bits per heavy atom. The Kier molecular flexibility index (Phi) is 39.1. The summed E-state index contributed by atoms with van der Waals surface area (Å²) in [5, 5.41) is 372. The molecule has 744 valence electrons. The molecule has 0 spiro atoms. The number of carbonyl (C=O) groups is 3. The summed E-state index contributed by atoms with van der Waals surface area (Å²) in [6.45, 7) is -11.4. The first-order valence-corrected chi connectivity index (χ1v) is 40.5. The molecule has 0 saturated carbocycles. The minimum absolute atomic E-state index is 0.00547. The molecule has 0 aliphatic carbocycles. The van der Waals surface area contributed by atoms with Crippen LogP contribution in [0.25, 0.3) is 0 Å². The molecule has 54 atom stereocenters. The summed E-state index contributed by atoms with van der Waals surface area (Å²) in [4.78, 5) is 37.4. The molecule has 58 heteroatoms. The van der Waals surface area contributed by atoms with Crippen LogP contribution in [0.5, 0.6) is 0 Å². The molecule has 35 N–H and O–H groups in total. The molecule has 58 nitrogen and oxygen atoms in total. The Morgan fingerprint density at radius 1 is 0.289 bits per heavy atom. The average molecular weight is 1880 g/mol. The molecule has 10 saturated heterocycles. The average Bonchev–Trinajstić information content (AvgIpc) is 0.763. The normalized spacial score (nSPS) is 49.1. The van der Waals surface area contributed by atoms with E-state index in [2.05, 4.69) is 10.6 Å². The molecule has 0 bridgehead atoms. The van der Waals surface area contributed by atoms with Crippen molar-refractivity contribution in [3.8, 4) is 0 Å². The van der Waals surface area contributed by atoms with Gasteiger partial charge in [-0.25, -0.2) is 0 Å². The van der Waals surface area contributed by atoms with Gasteiger partial charge in [-0.2, -0.15) is 0 Å². The first kappa shape index (κ1) is 107. The van der Waals surface area contributed by atoms with E-state index in [4.69, 9.17) is 94.7 Å². The van der Waals surface area contributed by atoms with Crippen molar-refractivity contribution in [1.29, 1.82) is 0 Å². The molecular weight excluding hydrogens is 1760 g/mol. The maximum Gasteiger partial charge on any atom is 0.217 e. The number of rotatable bonds is 37. The van der Waals surface area contributed by atoms with Gasteiger partial charge < -0.3 is 279 Å². The van der Waals surface area contributed by atoms with E-state index in [1.54, 1.807) is 0 Å². The second-order valence-corrected chi connectivity index (χ2v) is 32.0. The SMILES string of the molecule is CC(=O)NC(C=O)C(O)C(OC1OC(CO)C(OC2OC(COC3OC(COC4OC(CO)C(O)C(O)C4OC4OC(CO)C(O)C(O)C4O)C(O)C(OC4OC(CO)C(O)C(O)C4OC4OC(CO)C(O)C(O)C4O)C3O)C(O)C(OC3OC(CO)C(O)C(O)C3OC3OC(CO)C(O)C(O)C3OC3OC(CO)C(O)C(O)C3O)C2O)C(O)C1NC(C)=O)C(O)CO. The van der Waals surface area contributed by atoms with E-state index < -0.39 is 416 Å². The van der Waals surface area contributed by atoms with Gasteiger partial charge in [0, 0.05) is 13.8 Å². The number of aliphatic hydroxyl groups is 33. The van der Waals surface area contributed by atoms with Crippen molar-refractivity contribution in [2.75, 3.05) is 72.7 Å². The summed E-state index contributed by atoms with van der Waals surface area (Å²) in [6.07, 6.45) is -117. The van der Waals surface area contributed by atoms with Crippen LogP contribution in [-0.2, 0) is 109 Å². The Morgan fingerprint density at radius 2 is 0.562 bits per heavy atom. The van der Waals surface area contributed by atoms with Crippen molar-refractivity contribution in [3.63, 3.8) is 0 Å². The highest BCUT2D eigenvalue weighted by molar-refractivity contribution is 5.77. The second kappa shape index (κ2) is 47.0. The third kappa shape index (κ3) is 23.3. The first-order valence-electron chi connectivity index (χ1n) is 40.5. The number of amides is 2. The lowest BCUT2D eigenvalue weighted by Crippen LogP contribution is -2.70. The van der Waals surface area contributed by atoms with Crippen LogP contribution in [0, 0.1) is 0 Å². The van der Waals surface area contributed by atoms with Crippen molar-refractivity contribution >= 4 is 18.1 Å². The lowest BCUT2D eigenvalue weighted by molar-refractivity contribution is -0.408. The Bertz CT molecular complexity index is 3360. The number of hydrogen-bond donors (Lipinski definition) is 35. The summed E-state index contributed by atoms with van der Waals surface area (Å²) < 4.78 is 118. The summed E-state index contributed by atoms with van der Waals surface area (Å²) >= 11 is 0. The molecular formula is C70H118N2O56. The number of hydrogen-bond acceptors (Lipinski definition) is 56. The number of ether oxygens (including phenoxy) is 20. The lowest BCUT2D eigenvalue weighted by Gasteiger charge is -2.51. The zero-order valence-electron chi connectivity index (χ0n) is 67.7. The molecule has 10 heterocycles. The molecule has 54 unspecified atom stereocenters. The van der Waals surface area contributed by atoms with E-state index in [-0.39, 0.29) is 6.29 Å². The number of aldehydes is 1. The van der Waals surface area contributed by atoms with Gasteiger partial charge in [0.25, 0.3) is 0 Å². The summed E-state index contributed by atoms with van der Waals surface area (Å²) in [5.41, 5.74) is 0. The van der Waals surface area contributed by atoms with Gasteiger partial charge in [-0.3, -0.25) is 9.59 Å². The van der Waals surface area contributed by atoms with E-state index >= 15 is 0 Å². The van der Waals surface area contributed by atoms with Gasteiger partial charge in [0.1, 0.15) is 275 Å². The highest BCUT2D eigenvalue weighted by atomic mass is 16.8. The Hall–Kier alpha value is -3.51. The quantitative estimate of drug-likeness (QED) is 0.0257. The number of aliphatic hydroxyl groups excluding tert-OH is 33. The smallest absolute Gasteiger partial charge is 0.217 e. The van der Waals surface area contributed by atoms with Crippen LogP contribution in [0.2, 0.25) is 0 Å². The van der Waals surface area contributed by atoms with Crippen molar-refractivity contribution in [2.24, 2.45) is 0 Å². The van der Waals surface area contributed by atoms with Crippen LogP contribution in [0.15, 0.2) is 0 Å². The topological polar surface area (TPSA) is 927 Å². The van der Waals surface area contributed by atoms with Gasteiger partial charge >= 0.3 is 0 Å². The molecule has 10 rings (SSSR count). The van der Waals surface area contributed by atoms with E-state index in [9.17, 15) is 183 Å². The molecule has 10 aliphatic heterocycles. The first-order chi connectivity index (χ1) is 60.6. The minimum atomic E-state index is -2.73. The zero-order chi connectivity index (χ0) is 94.4. The van der Waals surface area contributed by atoms with Gasteiger partial charge in [-0.05, 0) is 0 Å². The fraction of sp³-hybridized carbons (Fsp3) is 0.957. The molecule has 128 heavy (non-hydrogen) atoms. The largest absolute Gasteiger partial charge is 0.394 e. The molecule has 2 amide bonds. The van der Waals surface area contributed by atoms with Crippen LogP contribution in [0.1, 0.15) is 13.8 Å². The maximum absolute atomic E-state index is 13.1. The maximum atomic E-state index is 13.1. The van der Waals surface area contributed by atoms with Crippen molar-refractivity contribution < 1.29 is 278 Å². The van der Waals surface area contributed by atoms with Crippen LogP contribution in [-0.4, -0.2) is 591 Å². The molecule has 0 aromatic heterocycles. The zero-order valence-corrected chi connectivity index (χ0v) is 67.7. The summed E-state index contributed by atoms with van der Waals surface area (Å²) in [5.74, 6) is -1.98. The highest BCUT2D eigenvalue weighted by Crippen LogP contribution is 2.41. The standard InChI is InChI=1S/C70H118N2O56/c1-15(83)71-17(3-73)30(86)53(18(85)4-74)121-61-29(72-16(2)84)40(96)54(26(12-82)118-61)122-66-52(108)56(124-69-60(47(103)37(93)24(10-80)116-69)128-70-59(46(102)36(92)25(11-81)117-70)127-65-50(106)43(99)33(89)21(7-77)113-65)39(95)28(120-66)13-109-62-51(107)55(123-68-58(45(101)35(91)23(9-79)115-68)126-64-49(105)42(98)32(88)20(6-76)112-64)38(94)27(119-62)14-110-67-57(44(100)34(90)22(8-78)114-67)125-63-48(104)41(97)31(87)19(5-75)111-63/h3,17-70,74-82,85-108H,4-14H2,1-2H3,(H,71,83)(H,72,84). The van der Waals surface area contributed by atoms with Crippen LogP contribution in [0.3, 0.4) is 0 Å². The second-order valence-electron chi connectivity index (χ2n) is 32.0. The monoisotopic (exact) mass is 1880 g/mol. The fourth-order valence-electron chi connectivity index (χ4n) is 16.0. The van der Waals surface area contributed by atoms with E-state index in [1.165, 1.54) is 0 Å². The Labute approximate surface area is 722 Å². The molecule has 0 aromatic carbocycles. The van der Waals surface area contributed by atoms with Gasteiger partial charge in [-0.15, -0.1) is 0 Å². The summed E-state index contributed by atoms with van der Waals surface area (Å²) in [7, 11) is 0. The van der Waals surface area contributed by atoms with E-state index in [1.807, 2.05) is 0 Å². The third-order valence-electron chi connectivity index (χ3n) is 23.3. The molecule has 0 aromatic rings. The van der Waals surface area contributed by atoms with Crippen LogP contribution < -0.4 is 10.6 Å². The van der Waals surface area contributed by atoms with Gasteiger partial charge in [-0.1, -0.05) is 0 Å². The lowest BCUT2D eigenvalue weighted by atomic mass is 9.94. The van der Waals surface area contributed by atoms with Crippen LogP contribution >= 0.6 is 0 Å². The van der Waals surface area contributed by atoms with Crippen molar-refractivity contribution in [2.45, 2.75) is 345 Å². The molecule has 10 fully saturated rings. The predicted octanol–water partition coefficient (Wildman–Crippen LogP) is -24.8. The van der Waals surface area contributed by atoms with E-state index in [0.717, 1.165) is 13.8 Å². The van der Waals surface area contributed by atoms with Crippen LogP contribution in [0.4, 0.5) is 0 Å². The summed E-state index contributed by atoms with van der Waals surface area (Å²) in [6, 6.07) is -4.03. The molecule has 0 radical (unpaired) electrons. The van der Waals surface area contributed by atoms with Gasteiger partial charge in [0.2, 0.25) is 11.8 Å². The fourth-order valence-corrected chi connectivity index (χ4v) is 16.0. The third-order valence-corrected chi connectivity index (χ3v) is 23.3. The van der Waals surface area contributed by atoms with E-state index in [0.29, 0.717) is 0 Å². The van der Waals surface area contributed by atoms with Crippen molar-refractivity contribution in [1.82, 2.24) is 10.6 Å². The molecule has 10 aliphatic rings. The highest BCUT2D eigenvalue weighted by Gasteiger charge is 2.62.